The summed E-state index contributed by atoms with van der Waals surface area (Å²) in [6.07, 6.45) is 1.23. The number of methoxy groups -OCH3 is 1. The molecule has 98 valence electrons. The van der Waals surface area contributed by atoms with Crippen LogP contribution >= 0.6 is 0 Å². The maximum Gasteiger partial charge on any atom is 0.259 e. The smallest absolute Gasteiger partial charge is 0.259 e. The molecule has 0 atom stereocenters. The largest absolute Gasteiger partial charge is 0.496 e. The van der Waals surface area contributed by atoms with Crippen LogP contribution in [0.1, 0.15) is 10.4 Å². The third kappa shape index (κ3) is 2.98. The van der Waals surface area contributed by atoms with Crippen molar-refractivity contribution in [2.24, 2.45) is 0 Å². The van der Waals surface area contributed by atoms with E-state index in [1.807, 2.05) is 0 Å². The molecule has 0 saturated heterocycles. The van der Waals surface area contributed by atoms with Gasteiger partial charge in [-0.25, -0.2) is 4.98 Å². The normalized spacial score (nSPS) is 10.0. The van der Waals surface area contributed by atoms with Crippen molar-refractivity contribution in [3.05, 3.63) is 48.0 Å². The fourth-order valence-electron chi connectivity index (χ4n) is 1.54. The zero-order valence-corrected chi connectivity index (χ0v) is 10.2. The molecule has 3 N–H and O–H groups in total. The monoisotopic (exact) mass is 261 g/mol. The number of amides is 1. The number of anilines is 2. The van der Waals surface area contributed by atoms with Crippen LogP contribution in [0.25, 0.3) is 0 Å². The Morgan fingerprint density at radius 2 is 2.16 bits per heavy atom. The van der Waals surface area contributed by atoms with Crippen LogP contribution in [0.2, 0.25) is 0 Å². The molecule has 0 fully saturated rings. The van der Waals surface area contributed by atoms with Crippen LogP contribution in [-0.4, -0.2) is 18.0 Å². The summed E-state index contributed by atoms with van der Waals surface area (Å²) in [5.74, 6) is -0.624. The van der Waals surface area contributed by atoms with Crippen molar-refractivity contribution < 1.29 is 13.9 Å². The Kier molecular flexibility index (Phi) is 3.61. The number of pyridine rings is 1. The van der Waals surface area contributed by atoms with E-state index < -0.39 is 5.95 Å². The number of aromatic nitrogens is 1. The summed E-state index contributed by atoms with van der Waals surface area (Å²) in [6.45, 7) is 0. The van der Waals surface area contributed by atoms with Gasteiger partial charge in [0.15, 0.2) is 0 Å². The van der Waals surface area contributed by atoms with Crippen molar-refractivity contribution in [1.29, 1.82) is 0 Å². The number of halogens is 1. The Hall–Kier alpha value is -2.63. The molecule has 5 nitrogen and oxygen atoms in total. The number of hydrogen-bond acceptors (Lipinski definition) is 4. The lowest BCUT2D eigenvalue weighted by Crippen LogP contribution is -2.13. The van der Waals surface area contributed by atoms with Crippen molar-refractivity contribution in [2.45, 2.75) is 0 Å². The van der Waals surface area contributed by atoms with Gasteiger partial charge in [0.05, 0.1) is 24.6 Å². The van der Waals surface area contributed by atoms with Gasteiger partial charge in [0.1, 0.15) is 5.75 Å². The Morgan fingerprint density at radius 3 is 2.79 bits per heavy atom. The molecule has 2 rings (SSSR count). The van der Waals surface area contributed by atoms with Crippen molar-refractivity contribution in [2.75, 3.05) is 18.2 Å². The zero-order chi connectivity index (χ0) is 13.8. The lowest BCUT2D eigenvalue weighted by molar-refractivity contribution is 0.102. The quantitative estimate of drug-likeness (QED) is 0.655. The molecule has 0 radical (unpaired) electrons. The third-order valence-electron chi connectivity index (χ3n) is 2.46. The fourth-order valence-corrected chi connectivity index (χ4v) is 1.54. The number of nitrogens with two attached hydrogens (primary N) is 1. The molecule has 1 amide bonds. The number of carbonyl (C=O) groups excluding carboxylic acids is 1. The Morgan fingerprint density at radius 1 is 1.37 bits per heavy atom. The molecule has 0 aliphatic rings. The number of nitrogens with one attached hydrogen (secondary N) is 1. The molecule has 0 aliphatic carbocycles. The van der Waals surface area contributed by atoms with Gasteiger partial charge >= 0.3 is 0 Å². The van der Waals surface area contributed by atoms with Crippen molar-refractivity contribution in [1.82, 2.24) is 4.98 Å². The van der Waals surface area contributed by atoms with Crippen molar-refractivity contribution >= 4 is 17.3 Å². The first-order chi connectivity index (χ1) is 9.10. The number of nitrogens with zero attached hydrogens (tertiary/aromatic N) is 1. The summed E-state index contributed by atoms with van der Waals surface area (Å²) in [6, 6.07) is 7.29. The molecule has 0 saturated carbocycles. The average molecular weight is 261 g/mol. The molecule has 2 aromatic rings. The highest BCUT2D eigenvalue weighted by atomic mass is 19.1. The van der Waals surface area contributed by atoms with E-state index in [2.05, 4.69) is 10.3 Å². The second-order valence-electron chi connectivity index (χ2n) is 3.78. The van der Waals surface area contributed by atoms with E-state index in [0.29, 0.717) is 22.7 Å². The van der Waals surface area contributed by atoms with Gasteiger partial charge in [-0.05, 0) is 24.3 Å². The summed E-state index contributed by atoms with van der Waals surface area (Å²) in [7, 11) is 1.45. The molecule has 1 heterocycles. The first-order valence-electron chi connectivity index (χ1n) is 5.46. The zero-order valence-electron chi connectivity index (χ0n) is 10.2. The SMILES string of the molecule is COc1cc(N)ccc1C(=O)Nc1ccc(F)nc1. The molecule has 0 bridgehead atoms. The molecule has 0 spiro atoms. The van der Waals surface area contributed by atoms with Gasteiger partial charge in [0.25, 0.3) is 5.91 Å². The second-order valence-corrected chi connectivity index (χ2v) is 3.78. The van der Waals surface area contributed by atoms with Gasteiger partial charge in [-0.1, -0.05) is 0 Å². The van der Waals surface area contributed by atoms with E-state index in [9.17, 15) is 9.18 Å². The highest BCUT2D eigenvalue weighted by Gasteiger charge is 2.12. The van der Waals surface area contributed by atoms with Crippen LogP contribution in [-0.2, 0) is 0 Å². The summed E-state index contributed by atoms with van der Waals surface area (Å²) in [4.78, 5) is 15.5. The highest BCUT2D eigenvalue weighted by Crippen LogP contribution is 2.22. The predicted molar refractivity (Wildman–Crippen MR) is 69.6 cm³/mol. The maximum atomic E-state index is 12.7. The fraction of sp³-hybridized carbons (Fsp3) is 0.0769. The molecule has 0 unspecified atom stereocenters. The van der Waals surface area contributed by atoms with Gasteiger partial charge in [-0.2, -0.15) is 4.39 Å². The maximum absolute atomic E-state index is 12.7. The first-order valence-corrected chi connectivity index (χ1v) is 5.46. The summed E-state index contributed by atoms with van der Waals surface area (Å²) in [5.41, 5.74) is 6.83. The minimum atomic E-state index is -0.608. The number of benzene rings is 1. The topological polar surface area (TPSA) is 77.2 Å². The lowest BCUT2D eigenvalue weighted by Gasteiger charge is -2.09. The number of rotatable bonds is 3. The van der Waals surface area contributed by atoms with Crippen LogP contribution < -0.4 is 15.8 Å². The lowest BCUT2D eigenvalue weighted by atomic mass is 10.1. The molecule has 19 heavy (non-hydrogen) atoms. The number of carbonyl (C=O) groups is 1. The minimum absolute atomic E-state index is 0.334. The van der Waals surface area contributed by atoms with Gasteiger partial charge in [-0.3, -0.25) is 4.79 Å². The summed E-state index contributed by atoms with van der Waals surface area (Å²) in [5, 5.41) is 2.59. The second kappa shape index (κ2) is 5.34. The Balaban J connectivity index is 2.22. The number of ether oxygens (including phenoxy) is 1. The van der Waals surface area contributed by atoms with E-state index in [1.54, 1.807) is 18.2 Å². The van der Waals surface area contributed by atoms with E-state index in [-0.39, 0.29) is 5.91 Å². The van der Waals surface area contributed by atoms with Crippen LogP contribution in [0.15, 0.2) is 36.5 Å². The predicted octanol–water partition coefficient (Wildman–Crippen LogP) is 2.06. The van der Waals surface area contributed by atoms with Gasteiger partial charge < -0.3 is 15.8 Å². The average Bonchev–Trinajstić information content (AvgIpc) is 2.41. The minimum Gasteiger partial charge on any atom is -0.496 e. The molecule has 1 aromatic carbocycles. The van der Waals surface area contributed by atoms with E-state index in [0.717, 1.165) is 6.07 Å². The molecular weight excluding hydrogens is 249 g/mol. The van der Waals surface area contributed by atoms with Gasteiger partial charge in [0.2, 0.25) is 5.95 Å². The summed E-state index contributed by atoms with van der Waals surface area (Å²) >= 11 is 0. The number of hydrogen-bond donors (Lipinski definition) is 2. The number of nitrogen functional groups attached to an aromatic ring is 1. The standard InChI is InChI=1S/C13H12FN3O2/c1-19-11-6-8(15)2-4-10(11)13(18)17-9-3-5-12(14)16-7-9/h2-7H,15H2,1H3,(H,17,18). The van der Waals surface area contributed by atoms with Gasteiger partial charge in [-0.15, -0.1) is 0 Å². The molecule has 1 aromatic heterocycles. The van der Waals surface area contributed by atoms with E-state index in [4.69, 9.17) is 10.5 Å². The van der Waals surface area contributed by atoms with Gasteiger partial charge in [0, 0.05) is 11.8 Å². The van der Waals surface area contributed by atoms with Crippen LogP contribution in [0.3, 0.4) is 0 Å². The summed E-state index contributed by atoms with van der Waals surface area (Å²) < 4.78 is 17.7. The van der Waals surface area contributed by atoms with Crippen LogP contribution in [0.5, 0.6) is 5.75 Å². The molecular formula is C13H12FN3O2. The highest BCUT2D eigenvalue weighted by molar-refractivity contribution is 6.06. The van der Waals surface area contributed by atoms with E-state index >= 15 is 0 Å². The van der Waals surface area contributed by atoms with E-state index in [1.165, 1.54) is 19.4 Å². The first kappa shape index (κ1) is 12.8. The van der Waals surface area contributed by atoms with Crippen molar-refractivity contribution in [3.63, 3.8) is 0 Å². The Bertz CT molecular complexity index is 599. The van der Waals surface area contributed by atoms with Crippen molar-refractivity contribution in [3.8, 4) is 5.75 Å². The Labute approximate surface area is 109 Å². The molecule has 6 heteroatoms. The van der Waals surface area contributed by atoms with Crippen LogP contribution in [0.4, 0.5) is 15.8 Å². The third-order valence-corrected chi connectivity index (χ3v) is 2.46. The van der Waals surface area contributed by atoms with Crippen LogP contribution in [0, 0.1) is 5.95 Å². The molecule has 0 aliphatic heterocycles.